The highest BCUT2D eigenvalue weighted by molar-refractivity contribution is 7.89. The molecule has 0 spiro atoms. The molecule has 2 aromatic rings. The number of phenolic OH excluding ortho intramolecular Hbond substituents is 2. The number of rotatable bonds is 6. The molecule has 0 bridgehead atoms. The molecule has 1 fully saturated rings. The van der Waals surface area contributed by atoms with E-state index in [9.17, 15) is 18.6 Å². The number of nitrogens with zero attached hydrogens (tertiary/aromatic N) is 1. The molecular formula is C19H23N3O5S2. The van der Waals surface area contributed by atoms with Gasteiger partial charge in [-0.3, -0.25) is 0 Å². The zero-order valence-corrected chi connectivity index (χ0v) is 17.3. The normalized spacial score (nSPS) is 15.0. The van der Waals surface area contributed by atoms with Crippen LogP contribution in [0.15, 0.2) is 47.4 Å². The van der Waals surface area contributed by atoms with E-state index in [1.54, 1.807) is 30.3 Å². The van der Waals surface area contributed by atoms with E-state index in [-0.39, 0.29) is 16.4 Å². The molecule has 1 saturated heterocycles. The van der Waals surface area contributed by atoms with Gasteiger partial charge in [-0.25, -0.2) is 8.42 Å². The van der Waals surface area contributed by atoms with Gasteiger partial charge in [-0.15, -0.1) is 0 Å². The van der Waals surface area contributed by atoms with E-state index in [0.29, 0.717) is 50.1 Å². The SMILES string of the molecule is O=S(=O)(c1ccc(NC(=S)NCCc2ccc(O)c(O)c2)cc1)N1CCOCC1. The molecule has 0 atom stereocenters. The molecule has 1 aliphatic heterocycles. The lowest BCUT2D eigenvalue weighted by Crippen LogP contribution is -2.40. The second kappa shape index (κ2) is 9.40. The number of ether oxygens (including phenoxy) is 1. The predicted molar refractivity (Wildman–Crippen MR) is 114 cm³/mol. The molecule has 0 saturated carbocycles. The smallest absolute Gasteiger partial charge is 0.243 e. The summed E-state index contributed by atoms with van der Waals surface area (Å²) in [5, 5.41) is 25.3. The van der Waals surface area contributed by atoms with Crippen LogP contribution in [0, 0.1) is 0 Å². The third kappa shape index (κ3) is 5.57. The number of hydrogen-bond acceptors (Lipinski definition) is 6. The van der Waals surface area contributed by atoms with E-state index in [1.165, 1.54) is 16.4 Å². The molecule has 0 radical (unpaired) electrons. The van der Waals surface area contributed by atoms with E-state index in [4.69, 9.17) is 17.0 Å². The van der Waals surface area contributed by atoms with Crippen molar-refractivity contribution in [1.29, 1.82) is 0 Å². The van der Waals surface area contributed by atoms with Crippen LogP contribution >= 0.6 is 12.2 Å². The highest BCUT2D eigenvalue weighted by Gasteiger charge is 2.26. The minimum absolute atomic E-state index is 0.155. The van der Waals surface area contributed by atoms with Crippen molar-refractivity contribution in [2.75, 3.05) is 38.2 Å². The summed E-state index contributed by atoms with van der Waals surface area (Å²) in [5.41, 5.74) is 1.53. The maximum Gasteiger partial charge on any atom is 0.243 e. The van der Waals surface area contributed by atoms with Gasteiger partial charge in [-0.1, -0.05) is 6.07 Å². The standard InChI is InChI=1S/C19H23N3O5S2/c23-17-6-1-14(13-18(17)24)7-8-20-19(28)21-15-2-4-16(5-3-15)29(25,26)22-9-11-27-12-10-22/h1-6,13,23-24H,7-12H2,(H2,20,21,28). The summed E-state index contributed by atoms with van der Waals surface area (Å²) in [4.78, 5) is 0.232. The van der Waals surface area contributed by atoms with Crippen molar-refractivity contribution in [3.8, 4) is 11.5 Å². The van der Waals surface area contributed by atoms with Crippen LogP contribution in [0.1, 0.15) is 5.56 Å². The summed E-state index contributed by atoms with van der Waals surface area (Å²) in [7, 11) is -3.52. The maximum absolute atomic E-state index is 12.6. The first-order valence-corrected chi connectivity index (χ1v) is 10.9. The summed E-state index contributed by atoms with van der Waals surface area (Å²) in [5.74, 6) is -0.312. The lowest BCUT2D eigenvalue weighted by atomic mass is 10.1. The maximum atomic E-state index is 12.6. The molecule has 3 rings (SSSR count). The van der Waals surface area contributed by atoms with E-state index < -0.39 is 10.0 Å². The monoisotopic (exact) mass is 437 g/mol. The number of morpholine rings is 1. The van der Waals surface area contributed by atoms with Crippen molar-refractivity contribution in [3.63, 3.8) is 0 Å². The van der Waals surface area contributed by atoms with Crippen LogP contribution < -0.4 is 10.6 Å². The van der Waals surface area contributed by atoms with Crippen molar-refractivity contribution in [2.45, 2.75) is 11.3 Å². The predicted octanol–water partition coefficient (Wildman–Crippen LogP) is 1.65. The van der Waals surface area contributed by atoms with Crippen LogP contribution in [0.5, 0.6) is 11.5 Å². The summed E-state index contributed by atoms with van der Waals surface area (Å²) in [6.45, 7) is 2.05. The Labute approximate surface area is 175 Å². The second-order valence-electron chi connectivity index (χ2n) is 6.49. The van der Waals surface area contributed by atoms with Gasteiger partial charge in [0.25, 0.3) is 0 Å². The largest absolute Gasteiger partial charge is 0.504 e. The average Bonchev–Trinajstić information content (AvgIpc) is 2.72. The molecule has 29 heavy (non-hydrogen) atoms. The Morgan fingerprint density at radius 2 is 1.76 bits per heavy atom. The molecule has 156 valence electrons. The number of thiocarbonyl (C=S) groups is 1. The fourth-order valence-electron chi connectivity index (χ4n) is 2.87. The van der Waals surface area contributed by atoms with Gasteiger partial charge in [0.15, 0.2) is 16.6 Å². The fourth-order valence-corrected chi connectivity index (χ4v) is 4.49. The Morgan fingerprint density at radius 3 is 2.41 bits per heavy atom. The first-order valence-electron chi connectivity index (χ1n) is 9.10. The summed E-state index contributed by atoms with van der Waals surface area (Å²) in [6.07, 6.45) is 0.604. The number of aromatic hydroxyl groups is 2. The number of benzene rings is 2. The molecule has 2 aromatic carbocycles. The minimum Gasteiger partial charge on any atom is -0.504 e. The molecule has 1 heterocycles. The van der Waals surface area contributed by atoms with Gasteiger partial charge in [-0.05, 0) is 60.6 Å². The van der Waals surface area contributed by atoms with Crippen LogP contribution in [0.2, 0.25) is 0 Å². The third-order valence-corrected chi connectivity index (χ3v) is 6.62. The molecule has 10 heteroatoms. The van der Waals surface area contributed by atoms with Crippen molar-refractivity contribution in [2.24, 2.45) is 0 Å². The molecule has 4 N–H and O–H groups in total. The molecule has 0 unspecified atom stereocenters. The average molecular weight is 438 g/mol. The summed E-state index contributed by atoms with van der Waals surface area (Å²) >= 11 is 5.25. The van der Waals surface area contributed by atoms with Crippen molar-refractivity contribution in [3.05, 3.63) is 48.0 Å². The van der Waals surface area contributed by atoms with Gasteiger partial charge in [0.05, 0.1) is 18.1 Å². The molecule has 0 aromatic heterocycles. The van der Waals surface area contributed by atoms with Crippen LogP contribution in [-0.2, 0) is 21.2 Å². The van der Waals surface area contributed by atoms with E-state index in [2.05, 4.69) is 10.6 Å². The lowest BCUT2D eigenvalue weighted by Gasteiger charge is -2.26. The number of nitrogens with one attached hydrogen (secondary N) is 2. The lowest BCUT2D eigenvalue weighted by molar-refractivity contribution is 0.0730. The van der Waals surface area contributed by atoms with E-state index in [0.717, 1.165) is 5.56 Å². The van der Waals surface area contributed by atoms with Crippen LogP contribution in [-0.4, -0.2) is 60.9 Å². The number of hydrogen-bond donors (Lipinski definition) is 4. The van der Waals surface area contributed by atoms with E-state index >= 15 is 0 Å². The highest BCUT2D eigenvalue weighted by atomic mass is 32.2. The van der Waals surface area contributed by atoms with Gasteiger partial charge < -0.3 is 25.6 Å². The Morgan fingerprint density at radius 1 is 1.07 bits per heavy atom. The first kappa shape index (κ1) is 21.3. The Balaban J connectivity index is 1.51. The fraction of sp³-hybridized carbons (Fsp3) is 0.316. The van der Waals surface area contributed by atoms with E-state index in [1.807, 2.05) is 0 Å². The first-order chi connectivity index (χ1) is 13.9. The van der Waals surface area contributed by atoms with Gasteiger partial charge in [-0.2, -0.15) is 4.31 Å². The molecule has 0 amide bonds. The molecular weight excluding hydrogens is 414 g/mol. The Hall–Kier alpha value is -2.40. The Bertz CT molecular complexity index is 958. The van der Waals surface area contributed by atoms with Gasteiger partial charge in [0.1, 0.15) is 0 Å². The van der Waals surface area contributed by atoms with Crippen molar-refractivity contribution in [1.82, 2.24) is 9.62 Å². The Kier molecular flexibility index (Phi) is 6.91. The van der Waals surface area contributed by atoms with Crippen LogP contribution in [0.4, 0.5) is 5.69 Å². The van der Waals surface area contributed by atoms with Crippen molar-refractivity contribution < 1.29 is 23.4 Å². The zero-order chi connectivity index (χ0) is 20.9. The van der Waals surface area contributed by atoms with Gasteiger partial charge in [0.2, 0.25) is 10.0 Å². The number of anilines is 1. The minimum atomic E-state index is -3.52. The molecule has 1 aliphatic rings. The van der Waals surface area contributed by atoms with Crippen molar-refractivity contribution >= 4 is 33.0 Å². The number of sulfonamides is 1. The van der Waals surface area contributed by atoms with Gasteiger partial charge >= 0.3 is 0 Å². The molecule has 8 nitrogen and oxygen atoms in total. The topological polar surface area (TPSA) is 111 Å². The molecule has 0 aliphatic carbocycles. The van der Waals surface area contributed by atoms with Gasteiger partial charge in [0, 0.05) is 25.3 Å². The third-order valence-electron chi connectivity index (χ3n) is 4.46. The summed E-state index contributed by atoms with van der Waals surface area (Å²) < 4.78 is 31.9. The highest BCUT2D eigenvalue weighted by Crippen LogP contribution is 2.25. The number of phenols is 2. The quantitative estimate of drug-likeness (QED) is 0.399. The zero-order valence-electron chi connectivity index (χ0n) is 15.7. The van der Waals surface area contributed by atoms with Crippen LogP contribution in [0.25, 0.3) is 0 Å². The second-order valence-corrected chi connectivity index (χ2v) is 8.84. The summed E-state index contributed by atoms with van der Waals surface area (Å²) in [6, 6.07) is 11.1. The van der Waals surface area contributed by atoms with Crippen LogP contribution in [0.3, 0.4) is 0 Å².